The molecule has 1 amide bonds. The van der Waals surface area contributed by atoms with Crippen LogP contribution in [0.3, 0.4) is 0 Å². The fraction of sp³-hybridized carbons (Fsp3) is 0.276. The van der Waals surface area contributed by atoms with Crippen molar-refractivity contribution in [1.29, 1.82) is 0 Å². The minimum absolute atomic E-state index is 0.136. The molecular formula is C29H30BrFN4O3S2. The van der Waals surface area contributed by atoms with Gasteiger partial charge >= 0.3 is 0 Å². The van der Waals surface area contributed by atoms with E-state index in [0.717, 1.165) is 52.1 Å². The maximum absolute atomic E-state index is 13.8. The minimum Gasteiger partial charge on any atom is -0.267 e. The van der Waals surface area contributed by atoms with Crippen molar-refractivity contribution < 1.29 is 17.6 Å². The number of rotatable bonds is 12. The number of amides is 1. The molecule has 4 rings (SSSR count). The summed E-state index contributed by atoms with van der Waals surface area (Å²) >= 11 is 4.54. The molecule has 40 heavy (non-hydrogen) atoms. The molecule has 0 spiro atoms. The van der Waals surface area contributed by atoms with E-state index in [1.807, 2.05) is 38.1 Å². The number of unbranched alkanes of at least 4 members (excludes halogenated alkanes) is 2. The summed E-state index contributed by atoms with van der Waals surface area (Å²) in [5.41, 5.74) is 1.54. The monoisotopic (exact) mass is 644 g/mol. The van der Waals surface area contributed by atoms with Gasteiger partial charge in [0.1, 0.15) is 5.82 Å². The van der Waals surface area contributed by atoms with Crippen LogP contribution in [0, 0.1) is 5.82 Å². The number of hydrogen-bond donors (Lipinski definition) is 0. The van der Waals surface area contributed by atoms with Crippen LogP contribution < -0.4 is 5.01 Å². The lowest BCUT2D eigenvalue weighted by Gasteiger charge is -2.22. The van der Waals surface area contributed by atoms with E-state index in [-0.39, 0.29) is 15.6 Å². The van der Waals surface area contributed by atoms with Gasteiger partial charge in [0.25, 0.3) is 5.91 Å². The largest absolute Gasteiger partial charge is 0.280 e. The lowest BCUT2D eigenvalue weighted by atomic mass is 10.2. The zero-order valence-electron chi connectivity index (χ0n) is 22.3. The highest BCUT2D eigenvalue weighted by Gasteiger charge is 2.25. The van der Waals surface area contributed by atoms with Crippen molar-refractivity contribution in [2.75, 3.05) is 18.1 Å². The lowest BCUT2D eigenvalue weighted by molar-refractivity contribution is 0.0987. The second kappa shape index (κ2) is 13.6. The zero-order chi connectivity index (χ0) is 28.7. The van der Waals surface area contributed by atoms with E-state index in [2.05, 4.69) is 26.0 Å². The molecule has 4 aromatic rings. The molecule has 0 unspecified atom stereocenters. The van der Waals surface area contributed by atoms with E-state index in [0.29, 0.717) is 23.3 Å². The fourth-order valence-corrected chi connectivity index (χ4v) is 6.63. The Morgan fingerprint density at radius 2 is 1.65 bits per heavy atom. The number of thiazole rings is 1. The first kappa shape index (κ1) is 30.0. The molecule has 1 heterocycles. The van der Waals surface area contributed by atoms with Gasteiger partial charge in [-0.15, -0.1) is 0 Å². The number of carbonyl (C=O) groups is 1. The predicted octanol–water partition coefficient (Wildman–Crippen LogP) is 7.47. The summed E-state index contributed by atoms with van der Waals surface area (Å²) in [6.45, 7) is 4.96. The molecule has 0 N–H and O–H groups in total. The van der Waals surface area contributed by atoms with Crippen LogP contribution in [0.4, 0.5) is 9.52 Å². The molecule has 0 radical (unpaired) electrons. The molecule has 1 aromatic heterocycles. The number of fused-ring (bicyclic) bond motifs is 1. The van der Waals surface area contributed by atoms with Crippen LogP contribution in [0.15, 0.2) is 81.2 Å². The topological polar surface area (TPSA) is 82.9 Å². The van der Waals surface area contributed by atoms with Gasteiger partial charge in [-0.05, 0) is 73.0 Å². The molecule has 0 saturated heterocycles. The van der Waals surface area contributed by atoms with E-state index >= 15 is 0 Å². The van der Waals surface area contributed by atoms with Gasteiger partial charge in [-0.2, -0.15) is 14.4 Å². The number of hydrogen-bond acceptors (Lipinski definition) is 6. The third-order valence-electron chi connectivity index (χ3n) is 6.17. The summed E-state index contributed by atoms with van der Waals surface area (Å²) in [5.74, 6) is -0.895. The van der Waals surface area contributed by atoms with Crippen molar-refractivity contribution in [1.82, 2.24) is 9.29 Å². The molecule has 0 saturated carbocycles. The Labute approximate surface area is 246 Å². The van der Waals surface area contributed by atoms with Gasteiger partial charge in [0, 0.05) is 23.1 Å². The number of aromatic nitrogens is 1. The minimum atomic E-state index is -3.70. The molecule has 0 atom stereocenters. The van der Waals surface area contributed by atoms with Crippen LogP contribution in [0.5, 0.6) is 0 Å². The van der Waals surface area contributed by atoms with Crippen LogP contribution in [-0.2, 0) is 10.0 Å². The quantitative estimate of drug-likeness (QED) is 0.118. The Hall–Kier alpha value is -2.99. The standard InChI is InChI=1S/C29H30BrFN4O3S2/c1-3-5-17-34(18-6-4-2)40(37,38)25-14-9-22(10-15-25)28(36)35(32-20-21-7-11-23(30)12-8-21)29-33-26-16-13-24(31)19-27(26)39-29/h7-16,19-20H,3-6,17-18H2,1-2H3/b32-20+. The van der Waals surface area contributed by atoms with Crippen LogP contribution >= 0.6 is 27.3 Å². The van der Waals surface area contributed by atoms with E-state index in [9.17, 15) is 17.6 Å². The Bertz CT molecular complexity index is 1580. The number of nitrogens with zero attached hydrogens (tertiary/aromatic N) is 4. The Balaban J connectivity index is 1.66. The van der Waals surface area contributed by atoms with Crippen LogP contribution in [0.25, 0.3) is 10.2 Å². The first-order valence-corrected chi connectivity index (χ1v) is 16.1. The molecule has 0 fully saturated rings. The highest BCUT2D eigenvalue weighted by Crippen LogP contribution is 2.31. The Morgan fingerprint density at radius 1 is 1.00 bits per heavy atom. The van der Waals surface area contributed by atoms with Gasteiger partial charge in [-0.1, -0.05) is 66.1 Å². The first-order valence-electron chi connectivity index (χ1n) is 13.0. The summed E-state index contributed by atoms with van der Waals surface area (Å²) < 4.78 is 43.5. The summed E-state index contributed by atoms with van der Waals surface area (Å²) in [6.07, 6.45) is 4.87. The highest BCUT2D eigenvalue weighted by molar-refractivity contribution is 9.10. The molecule has 3 aromatic carbocycles. The molecule has 0 bridgehead atoms. The van der Waals surface area contributed by atoms with E-state index in [4.69, 9.17) is 0 Å². The van der Waals surface area contributed by atoms with E-state index in [1.165, 1.54) is 46.9 Å². The van der Waals surface area contributed by atoms with Crippen LogP contribution in [-0.4, -0.2) is 42.9 Å². The van der Waals surface area contributed by atoms with Gasteiger partial charge in [-0.25, -0.2) is 17.8 Å². The molecular weight excluding hydrogens is 615 g/mol. The Kier molecular flexibility index (Phi) is 10.2. The van der Waals surface area contributed by atoms with Crippen molar-refractivity contribution in [2.24, 2.45) is 5.10 Å². The fourth-order valence-electron chi connectivity index (χ4n) is 3.90. The molecule has 0 aliphatic heterocycles. The Morgan fingerprint density at radius 3 is 2.27 bits per heavy atom. The summed E-state index contributed by atoms with van der Waals surface area (Å²) in [7, 11) is -3.70. The number of benzene rings is 3. The maximum atomic E-state index is 13.8. The molecule has 7 nitrogen and oxygen atoms in total. The zero-order valence-corrected chi connectivity index (χ0v) is 25.5. The highest BCUT2D eigenvalue weighted by atomic mass is 79.9. The second-order valence-corrected chi connectivity index (χ2v) is 13.0. The predicted molar refractivity (Wildman–Crippen MR) is 163 cm³/mol. The average Bonchev–Trinajstić information content (AvgIpc) is 3.36. The number of anilines is 1. The number of hydrazone groups is 1. The summed E-state index contributed by atoms with van der Waals surface area (Å²) in [4.78, 5) is 18.3. The molecule has 210 valence electrons. The first-order chi connectivity index (χ1) is 19.2. The van der Waals surface area contributed by atoms with Crippen LogP contribution in [0.2, 0.25) is 0 Å². The third kappa shape index (κ3) is 7.20. The number of carbonyl (C=O) groups excluding carboxylic acids is 1. The van der Waals surface area contributed by atoms with Crippen LogP contribution in [0.1, 0.15) is 55.5 Å². The van der Waals surface area contributed by atoms with Crippen molar-refractivity contribution in [3.8, 4) is 0 Å². The summed E-state index contributed by atoms with van der Waals surface area (Å²) in [6, 6.07) is 17.5. The smallest absolute Gasteiger partial charge is 0.267 e. The van der Waals surface area contributed by atoms with Crippen molar-refractivity contribution in [3.63, 3.8) is 0 Å². The molecule has 0 aliphatic rings. The van der Waals surface area contributed by atoms with Gasteiger partial charge in [0.05, 0.1) is 21.3 Å². The lowest BCUT2D eigenvalue weighted by Crippen LogP contribution is -2.33. The van der Waals surface area contributed by atoms with E-state index < -0.39 is 21.7 Å². The molecule has 11 heteroatoms. The third-order valence-corrected chi connectivity index (χ3v) is 9.60. The van der Waals surface area contributed by atoms with Crippen molar-refractivity contribution in [2.45, 2.75) is 44.4 Å². The van der Waals surface area contributed by atoms with E-state index in [1.54, 1.807) is 6.07 Å². The van der Waals surface area contributed by atoms with Gasteiger partial charge in [-0.3, -0.25) is 4.79 Å². The average molecular weight is 646 g/mol. The number of sulfonamides is 1. The van der Waals surface area contributed by atoms with Gasteiger partial charge in [0.15, 0.2) is 0 Å². The van der Waals surface area contributed by atoms with Crippen molar-refractivity contribution in [3.05, 3.63) is 88.1 Å². The van der Waals surface area contributed by atoms with Gasteiger partial charge < -0.3 is 0 Å². The van der Waals surface area contributed by atoms with Crippen molar-refractivity contribution >= 4 is 64.8 Å². The second-order valence-electron chi connectivity index (χ2n) is 9.16. The maximum Gasteiger partial charge on any atom is 0.280 e. The SMILES string of the molecule is CCCCN(CCCC)S(=O)(=O)c1ccc(C(=O)N(/N=C/c2ccc(Br)cc2)c2nc3ccc(F)cc3s2)cc1. The summed E-state index contributed by atoms with van der Waals surface area (Å²) in [5, 5.41) is 5.85. The number of halogens is 2. The van der Waals surface area contributed by atoms with Gasteiger partial charge in [0.2, 0.25) is 15.2 Å². The molecule has 0 aliphatic carbocycles. The normalized spacial score (nSPS) is 12.0.